The normalized spacial score (nSPS) is 12.4. The molecule has 0 saturated carbocycles. The second kappa shape index (κ2) is 8.73. The van der Waals surface area contributed by atoms with Gasteiger partial charge in [-0.05, 0) is 40.1 Å². The monoisotopic (exact) mass is 262 g/mol. The predicted octanol–water partition coefficient (Wildman–Crippen LogP) is 2.68. The molecule has 0 aliphatic heterocycles. The van der Waals surface area contributed by atoms with Crippen molar-refractivity contribution in [1.82, 2.24) is 10.2 Å². The highest BCUT2D eigenvalue weighted by atomic mass is 16.5. The number of benzene rings is 1. The van der Waals surface area contributed by atoms with E-state index in [0.717, 1.165) is 25.3 Å². The molecule has 0 saturated heterocycles. The van der Waals surface area contributed by atoms with E-state index in [4.69, 9.17) is 4.74 Å². The minimum absolute atomic E-state index is 0.495. The van der Waals surface area contributed by atoms with Gasteiger partial charge in [0.1, 0.15) is 12.4 Å². The molecule has 1 aromatic carbocycles. The van der Waals surface area contributed by atoms with E-state index in [-0.39, 0.29) is 0 Å². The maximum absolute atomic E-state index is 5.65. The van der Waals surface area contributed by atoms with Crippen LogP contribution in [0.25, 0.3) is 0 Å². The van der Waals surface area contributed by atoms with E-state index in [9.17, 15) is 0 Å². The Kier molecular flexibility index (Phi) is 7.23. The van der Waals surface area contributed by atoms with Crippen molar-refractivity contribution in [2.24, 2.45) is 0 Å². The Morgan fingerprint density at radius 1 is 1.37 bits per heavy atom. The molecule has 0 fully saturated rings. The molecule has 0 heterocycles. The third kappa shape index (κ3) is 6.41. The highest BCUT2D eigenvalue weighted by molar-refractivity contribution is 5.33. The van der Waals surface area contributed by atoms with Crippen molar-refractivity contribution in [2.75, 3.05) is 27.2 Å². The van der Waals surface area contributed by atoms with Crippen molar-refractivity contribution < 1.29 is 4.74 Å². The lowest BCUT2D eigenvalue weighted by molar-refractivity contribution is 0.350. The number of para-hydroxylation sites is 1. The van der Waals surface area contributed by atoms with Crippen LogP contribution in [0.1, 0.15) is 18.9 Å². The fourth-order valence-electron chi connectivity index (χ4n) is 1.78. The smallest absolute Gasteiger partial charge is 0.124 e. The van der Waals surface area contributed by atoms with E-state index in [2.05, 4.69) is 43.9 Å². The van der Waals surface area contributed by atoms with Crippen molar-refractivity contribution in [3.8, 4) is 5.75 Å². The quantitative estimate of drug-likeness (QED) is 0.693. The van der Waals surface area contributed by atoms with Crippen LogP contribution in [0.2, 0.25) is 0 Å². The Morgan fingerprint density at radius 3 is 2.79 bits per heavy atom. The first-order valence-electron chi connectivity index (χ1n) is 6.83. The molecule has 0 bridgehead atoms. The fraction of sp³-hybridized carbons (Fsp3) is 0.500. The fourth-order valence-corrected chi connectivity index (χ4v) is 1.78. The van der Waals surface area contributed by atoms with Gasteiger partial charge in [0.05, 0.1) is 0 Å². The average molecular weight is 262 g/mol. The second-order valence-electron chi connectivity index (χ2n) is 5.08. The van der Waals surface area contributed by atoms with Gasteiger partial charge in [0.2, 0.25) is 0 Å². The van der Waals surface area contributed by atoms with E-state index in [1.54, 1.807) is 6.08 Å². The minimum atomic E-state index is 0.495. The number of nitrogens with one attached hydrogen (secondary N) is 1. The maximum atomic E-state index is 5.65. The zero-order valence-electron chi connectivity index (χ0n) is 12.4. The molecule has 0 aliphatic carbocycles. The Hall–Kier alpha value is -1.32. The Bertz CT molecular complexity index is 377. The molecule has 106 valence electrons. The van der Waals surface area contributed by atoms with Gasteiger partial charge < -0.3 is 15.0 Å². The number of hydrogen-bond acceptors (Lipinski definition) is 3. The zero-order valence-corrected chi connectivity index (χ0v) is 12.4. The van der Waals surface area contributed by atoms with Crippen LogP contribution in [0.15, 0.2) is 36.9 Å². The first-order chi connectivity index (χ1) is 9.13. The van der Waals surface area contributed by atoms with E-state index in [1.165, 1.54) is 5.56 Å². The van der Waals surface area contributed by atoms with Crippen LogP contribution < -0.4 is 10.1 Å². The number of rotatable bonds is 9. The molecule has 0 amide bonds. The molecular formula is C16H26N2O. The summed E-state index contributed by atoms with van der Waals surface area (Å²) in [6.45, 7) is 8.38. The van der Waals surface area contributed by atoms with Gasteiger partial charge in [0, 0.05) is 18.2 Å². The molecule has 0 aliphatic rings. The highest BCUT2D eigenvalue weighted by Crippen LogP contribution is 2.17. The Morgan fingerprint density at radius 2 is 2.11 bits per heavy atom. The van der Waals surface area contributed by atoms with Crippen LogP contribution in [0, 0.1) is 0 Å². The molecule has 3 nitrogen and oxygen atoms in total. The lowest BCUT2D eigenvalue weighted by Crippen LogP contribution is -2.29. The summed E-state index contributed by atoms with van der Waals surface area (Å²) < 4.78 is 5.65. The SMILES string of the molecule is C=CCOc1ccccc1CNC(C)CCN(C)C. The topological polar surface area (TPSA) is 24.5 Å². The lowest BCUT2D eigenvalue weighted by Gasteiger charge is -2.18. The summed E-state index contributed by atoms with van der Waals surface area (Å²) in [5.41, 5.74) is 1.20. The molecule has 1 rings (SSSR count). The van der Waals surface area contributed by atoms with E-state index in [1.807, 2.05) is 18.2 Å². The lowest BCUT2D eigenvalue weighted by atomic mass is 10.1. The molecule has 19 heavy (non-hydrogen) atoms. The third-order valence-corrected chi connectivity index (χ3v) is 2.98. The summed E-state index contributed by atoms with van der Waals surface area (Å²) in [6, 6.07) is 8.64. The molecule has 0 aromatic heterocycles. The maximum Gasteiger partial charge on any atom is 0.124 e. The zero-order chi connectivity index (χ0) is 14.1. The molecule has 0 spiro atoms. The molecule has 1 N–H and O–H groups in total. The van der Waals surface area contributed by atoms with Crippen LogP contribution in [0.5, 0.6) is 5.75 Å². The van der Waals surface area contributed by atoms with E-state index in [0.29, 0.717) is 12.6 Å². The average Bonchev–Trinajstić information content (AvgIpc) is 2.41. The third-order valence-electron chi connectivity index (χ3n) is 2.98. The highest BCUT2D eigenvalue weighted by Gasteiger charge is 2.05. The van der Waals surface area contributed by atoms with Gasteiger partial charge in [0.15, 0.2) is 0 Å². The van der Waals surface area contributed by atoms with Crippen LogP contribution in [0.4, 0.5) is 0 Å². The predicted molar refractivity (Wildman–Crippen MR) is 81.6 cm³/mol. The van der Waals surface area contributed by atoms with Crippen molar-refractivity contribution in [3.05, 3.63) is 42.5 Å². The summed E-state index contributed by atoms with van der Waals surface area (Å²) in [4.78, 5) is 2.21. The van der Waals surface area contributed by atoms with Gasteiger partial charge in [-0.15, -0.1) is 0 Å². The van der Waals surface area contributed by atoms with Crippen LogP contribution in [0.3, 0.4) is 0 Å². The molecule has 0 radical (unpaired) electrons. The minimum Gasteiger partial charge on any atom is -0.489 e. The number of ether oxygens (including phenoxy) is 1. The number of hydrogen-bond donors (Lipinski definition) is 1. The van der Waals surface area contributed by atoms with Gasteiger partial charge in [-0.2, -0.15) is 0 Å². The molecule has 3 heteroatoms. The summed E-state index contributed by atoms with van der Waals surface area (Å²) in [5.74, 6) is 0.940. The molecule has 1 aromatic rings. The van der Waals surface area contributed by atoms with Crippen molar-refractivity contribution in [1.29, 1.82) is 0 Å². The largest absolute Gasteiger partial charge is 0.489 e. The van der Waals surface area contributed by atoms with Gasteiger partial charge in [-0.3, -0.25) is 0 Å². The molecule has 1 atom stereocenters. The van der Waals surface area contributed by atoms with Crippen LogP contribution >= 0.6 is 0 Å². The molecular weight excluding hydrogens is 236 g/mol. The Balaban J connectivity index is 2.45. The summed E-state index contributed by atoms with van der Waals surface area (Å²) in [6.07, 6.45) is 2.91. The summed E-state index contributed by atoms with van der Waals surface area (Å²) in [7, 11) is 4.20. The van der Waals surface area contributed by atoms with E-state index < -0.39 is 0 Å². The second-order valence-corrected chi connectivity index (χ2v) is 5.08. The van der Waals surface area contributed by atoms with E-state index >= 15 is 0 Å². The van der Waals surface area contributed by atoms with Crippen molar-refractivity contribution in [3.63, 3.8) is 0 Å². The van der Waals surface area contributed by atoms with Gasteiger partial charge in [-0.25, -0.2) is 0 Å². The van der Waals surface area contributed by atoms with Crippen LogP contribution in [-0.4, -0.2) is 38.2 Å². The van der Waals surface area contributed by atoms with Crippen molar-refractivity contribution >= 4 is 0 Å². The standard InChI is InChI=1S/C16H26N2O/c1-5-12-19-16-9-7-6-8-15(16)13-17-14(2)10-11-18(3)4/h5-9,14,17H,1,10-13H2,2-4H3. The van der Waals surface area contributed by atoms with Crippen LogP contribution in [-0.2, 0) is 6.54 Å². The first-order valence-corrected chi connectivity index (χ1v) is 6.83. The van der Waals surface area contributed by atoms with Gasteiger partial charge in [0.25, 0.3) is 0 Å². The van der Waals surface area contributed by atoms with Gasteiger partial charge in [-0.1, -0.05) is 30.9 Å². The summed E-state index contributed by atoms with van der Waals surface area (Å²) >= 11 is 0. The first kappa shape index (κ1) is 15.7. The molecule has 1 unspecified atom stereocenters. The Labute approximate surface area is 117 Å². The van der Waals surface area contributed by atoms with Gasteiger partial charge >= 0.3 is 0 Å². The number of nitrogens with zero attached hydrogens (tertiary/aromatic N) is 1. The summed E-state index contributed by atoms with van der Waals surface area (Å²) in [5, 5.41) is 3.54. The van der Waals surface area contributed by atoms with Crippen molar-refractivity contribution in [2.45, 2.75) is 25.9 Å².